The molecule has 0 N–H and O–H groups in total. The highest BCUT2D eigenvalue weighted by Crippen LogP contribution is 2.70. The number of rotatable bonds is 3. The van der Waals surface area contributed by atoms with Crippen molar-refractivity contribution in [3.63, 3.8) is 0 Å². The smallest absolute Gasteiger partial charge is 0.235 e. The van der Waals surface area contributed by atoms with Crippen molar-refractivity contribution in [1.82, 2.24) is 14.9 Å². The minimum Gasteiger partial charge on any atom is -0.497 e. The Balaban J connectivity index is 1.35. The summed E-state index contributed by atoms with van der Waals surface area (Å²) in [5.74, 6) is 1.10. The SMILES string of the molecule is COc1ccc(N2CCN(C(=O)C34CCC(C)(c5nc6cc(C)c(C)cc6nc53)C4(C)C)CC2)cc1. The van der Waals surface area contributed by atoms with E-state index >= 15 is 0 Å². The standard InChI is InChI=1S/C30H36N4O2/c1-19-17-23-24(18-20(19)2)32-26-25(31-23)29(5)11-12-30(26,28(29,3)4)27(35)34-15-13-33(14-16-34)21-7-9-22(36-6)10-8-21/h7-10,17-18H,11-16H2,1-6H3. The van der Waals surface area contributed by atoms with Gasteiger partial charge in [0.25, 0.3) is 0 Å². The number of anilines is 1. The zero-order chi connectivity index (χ0) is 25.5. The van der Waals surface area contributed by atoms with Gasteiger partial charge in [0.1, 0.15) is 5.75 Å². The lowest BCUT2D eigenvalue weighted by Gasteiger charge is -2.44. The van der Waals surface area contributed by atoms with Gasteiger partial charge in [0.2, 0.25) is 5.91 Å². The summed E-state index contributed by atoms with van der Waals surface area (Å²) in [7, 11) is 1.69. The van der Waals surface area contributed by atoms with Crippen LogP contribution in [0.25, 0.3) is 11.0 Å². The predicted octanol–water partition coefficient (Wildman–Crippen LogP) is 4.93. The molecule has 2 unspecified atom stereocenters. The van der Waals surface area contributed by atoms with Gasteiger partial charge >= 0.3 is 0 Å². The summed E-state index contributed by atoms with van der Waals surface area (Å²) in [4.78, 5) is 29.4. The van der Waals surface area contributed by atoms with Gasteiger partial charge in [-0.05, 0) is 79.6 Å². The molecular weight excluding hydrogens is 448 g/mol. The van der Waals surface area contributed by atoms with Crippen molar-refractivity contribution in [3.8, 4) is 5.75 Å². The van der Waals surface area contributed by atoms with Gasteiger partial charge in [0, 0.05) is 37.3 Å². The van der Waals surface area contributed by atoms with Crippen LogP contribution in [0.4, 0.5) is 5.69 Å². The van der Waals surface area contributed by atoms with E-state index in [2.05, 4.69) is 68.7 Å². The molecule has 1 amide bonds. The van der Waals surface area contributed by atoms with Crippen molar-refractivity contribution in [2.45, 2.75) is 58.3 Å². The third-order valence-electron chi connectivity index (χ3n) is 10.0. The average molecular weight is 485 g/mol. The van der Waals surface area contributed by atoms with Gasteiger partial charge in [-0.1, -0.05) is 20.8 Å². The zero-order valence-electron chi connectivity index (χ0n) is 22.3. The van der Waals surface area contributed by atoms with E-state index in [1.807, 2.05) is 12.1 Å². The Morgan fingerprint density at radius 3 is 2.03 bits per heavy atom. The number of amides is 1. The van der Waals surface area contributed by atoms with Gasteiger partial charge < -0.3 is 14.5 Å². The first-order valence-electron chi connectivity index (χ1n) is 13.1. The number of aromatic nitrogens is 2. The van der Waals surface area contributed by atoms with E-state index in [9.17, 15) is 4.79 Å². The number of ether oxygens (including phenoxy) is 1. The second-order valence-corrected chi connectivity index (χ2v) is 11.7. The number of hydrogen-bond donors (Lipinski definition) is 0. The molecule has 1 aromatic heterocycles. The first-order valence-corrected chi connectivity index (χ1v) is 13.1. The molecule has 36 heavy (non-hydrogen) atoms. The van der Waals surface area contributed by atoms with E-state index in [0.717, 1.165) is 54.1 Å². The lowest BCUT2D eigenvalue weighted by Crippen LogP contribution is -2.57. The van der Waals surface area contributed by atoms with E-state index in [1.165, 1.54) is 16.8 Å². The maximum Gasteiger partial charge on any atom is 0.235 e. The lowest BCUT2D eigenvalue weighted by molar-refractivity contribution is -0.141. The van der Waals surface area contributed by atoms with Crippen molar-refractivity contribution < 1.29 is 9.53 Å². The van der Waals surface area contributed by atoms with Gasteiger partial charge in [-0.3, -0.25) is 4.79 Å². The number of aryl methyl sites for hydroxylation is 2. The highest BCUT2D eigenvalue weighted by Gasteiger charge is 2.73. The third-order valence-corrected chi connectivity index (χ3v) is 10.0. The van der Waals surface area contributed by atoms with Crippen LogP contribution < -0.4 is 9.64 Å². The molecule has 188 valence electrons. The van der Waals surface area contributed by atoms with E-state index in [0.29, 0.717) is 13.1 Å². The molecule has 0 radical (unpaired) electrons. The second-order valence-electron chi connectivity index (χ2n) is 11.7. The molecule has 1 aliphatic heterocycles. The summed E-state index contributed by atoms with van der Waals surface area (Å²) in [5.41, 5.74) is 6.38. The minimum atomic E-state index is -0.626. The molecule has 2 aliphatic carbocycles. The van der Waals surface area contributed by atoms with E-state index in [-0.39, 0.29) is 16.7 Å². The Bertz CT molecular complexity index is 1370. The number of nitrogens with zero attached hydrogens (tertiary/aromatic N) is 4. The Hall–Kier alpha value is -3.15. The molecule has 6 heteroatoms. The van der Waals surface area contributed by atoms with Gasteiger partial charge in [0.15, 0.2) is 0 Å². The quantitative estimate of drug-likeness (QED) is 0.527. The van der Waals surface area contributed by atoms with Crippen molar-refractivity contribution in [2.75, 3.05) is 38.2 Å². The highest BCUT2D eigenvalue weighted by molar-refractivity contribution is 5.93. The van der Waals surface area contributed by atoms with Crippen LogP contribution in [0, 0.1) is 19.3 Å². The van der Waals surface area contributed by atoms with Crippen LogP contribution in [0.3, 0.4) is 0 Å². The summed E-state index contributed by atoms with van der Waals surface area (Å²) in [5, 5.41) is 0. The first kappa shape index (κ1) is 23.3. The minimum absolute atomic E-state index is 0.164. The van der Waals surface area contributed by atoms with Gasteiger partial charge in [-0.15, -0.1) is 0 Å². The summed E-state index contributed by atoms with van der Waals surface area (Å²) in [6.45, 7) is 14.2. The molecule has 6 rings (SSSR count). The van der Waals surface area contributed by atoms with Crippen LogP contribution in [-0.2, 0) is 15.6 Å². The van der Waals surface area contributed by atoms with E-state index in [1.54, 1.807) is 7.11 Å². The number of fused-ring (bicyclic) bond motifs is 6. The fraction of sp³-hybridized carbons (Fsp3) is 0.500. The lowest BCUT2D eigenvalue weighted by atomic mass is 9.63. The Labute approximate surface area is 213 Å². The average Bonchev–Trinajstić information content (AvgIpc) is 3.18. The van der Waals surface area contributed by atoms with Crippen LogP contribution in [0.5, 0.6) is 5.75 Å². The third kappa shape index (κ3) is 2.87. The summed E-state index contributed by atoms with van der Waals surface area (Å²) in [6, 6.07) is 12.5. The topological polar surface area (TPSA) is 58.6 Å². The molecule has 2 aromatic carbocycles. The molecule has 0 spiro atoms. The number of carbonyl (C=O) groups is 1. The molecule has 3 aliphatic rings. The monoisotopic (exact) mass is 484 g/mol. The van der Waals surface area contributed by atoms with Crippen LogP contribution >= 0.6 is 0 Å². The van der Waals surface area contributed by atoms with Gasteiger partial charge in [0.05, 0.1) is 34.9 Å². The van der Waals surface area contributed by atoms with Crippen molar-refractivity contribution >= 4 is 22.6 Å². The molecule has 1 saturated heterocycles. The molecule has 2 heterocycles. The summed E-state index contributed by atoms with van der Waals surface area (Å²) < 4.78 is 5.30. The Morgan fingerprint density at radius 2 is 1.44 bits per heavy atom. The fourth-order valence-corrected chi connectivity index (χ4v) is 7.06. The van der Waals surface area contributed by atoms with E-state index in [4.69, 9.17) is 14.7 Å². The maximum atomic E-state index is 14.5. The highest BCUT2D eigenvalue weighted by atomic mass is 16.5. The molecule has 6 nitrogen and oxygen atoms in total. The van der Waals surface area contributed by atoms with Crippen molar-refractivity contribution in [3.05, 3.63) is 58.9 Å². The van der Waals surface area contributed by atoms with Crippen LogP contribution in [0.2, 0.25) is 0 Å². The number of benzene rings is 2. The number of piperazine rings is 1. The second kappa shape index (κ2) is 7.67. The predicted molar refractivity (Wildman–Crippen MR) is 143 cm³/mol. The summed E-state index contributed by atoms with van der Waals surface area (Å²) >= 11 is 0. The largest absolute Gasteiger partial charge is 0.497 e. The van der Waals surface area contributed by atoms with Crippen LogP contribution in [0.15, 0.2) is 36.4 Å². The number of carbonyl (C=O) groups excluding carboxylic acids is 1. The molecule has 2 atom stereocenters. The molecule has 3 aromatic rings. The van der Waals surface area contributed by atoms with Gasteiger partial charge in [-0.25, -0.2) is 9.97 Å². The molecular formula is C30H36N4O2. The fourth-order valence-electron chi connectivity index (χ4n) is 7.06. The van der Waals surface area contributed by atoms with Crippen LogP contribution in [0.1, 0.15) is 56.1 Å². The Morgan fingerprint density at radius 1 is 0.861 bits per heavy atom. The molecule has 2 bridgehead atoms. The maximum absolute atomic E-state index is 14.5. The zero-order valence-corrected chi connectivity index (χ0v) is 22.3. The molecule has 1 saturated carbocycles. The van der Waals surface area contributed by atoms with Gasteiger partial charge in [-0.2, -0.15) is 0 Å². The first-order chi connectivity index (χ1) is 17.1. The molecule has 2 fully saturated rings. The number of methoxy groups -OCH3 is 1. The normalized spacial score (nSPS) is 26.4. The number of hydrogen-bond acceptors (Lipinski definition) is 5. The Kier molecular flexibility index (Phi) is 4.96. The van der Waals surface area contributed by atoms with Crippen LogP contribution in [-0.4, -0.2) is 54.1 Å². The van der Waals surface area contributed by atoms with E-state index < -0.39 is 5.41 Å². The van der Waals surface area contributed by atoms with Crippen molar-refractivity contribution in [2.24, 2.45) is 5.41 Å². The summed E-state index contributed by atoms with van der Waals surface area (Å²) in [6.07, 6.45) is 1.81. The van der Waals surface area contributed by atoms with Crippen molar-refractivity contribution in [1.29, 1.82) is 0 Å².